The fraction of sp³-hybridized carbons (Fsp3) is 0.678. The summed E-state index contributed by atoms with van der Waals surface area (Å²) >= 11 is 0. The number of ether oxygens (including phenoxy) is 12. The van der Waals surface area contributed by atoms with Gasteiger partial charge < -0.3 is 76.5 Å². The number of carbonyl (C=O) groups is 4. The van der Waals surface area contributed by atoms with Crippen LogP contribution in [0, 0.1) is 35.5 Å². The maximum absolute atomic E-state index is 13.0. The number of ketones is 1. The lowest BCUT2D eigenvalue weighted by Gasteiger charge is -2.43. The van der Waals surface area contributed by atoms with Crippen LogP contribution >= 0.6 is 0 Å². The van der Waals surface area contributed by atoms with E-state index < -0.39 is 22.6 Å². The summed E-state index contributed by atoms with van der Waals surface area (Å²) in [7, 11) is -3.92. The first-order valence-electron chi connectivity index (χ1n) is 40.2. The van der Waals surface area contributed by atoms with Crippen LogP contribution < -0.4 is 5.73 Å². The number of carboxylic acids is 1. The van der Waals surface area contributed by atoms with Gasteiger partial charge in [0.05, 0.1) is 62.0 Å². The van der Waals surface area contributed by atoms with Crippen LogP contribution in [-0.4, -0.2) is 168 Å². The van der Waals surface area contributed by atoms with E-state index in [9.17, 15) is 19.2 Å². The molecule has 0 amide bonds. The van der Waals surface area contributed by atoms with E-state index in [0.717, 1.165) is 45.1 Å². The second-order valence-electron chi connectivity index (χ2n) is 32.6. The lowest BCUT2D eigenvalue weighted by Crippen LogP contribution is -2.48. The third kappa shape index (κ3) is 38.0. The number of carboxylic acid groups (broad SMARTS) is 1. The minimum atomic E-state index is -2.08. The zero-order chi connectivity index (χ0) is 80.4. The van der Waals surface area contributed by atoms with Crippen molar-refractivity contribution in [3.63, 3.8) is 0 Å². The Morgan fingerprint density at radius 2 is 0.807 bits per heavy atom. The molecule has 6 rings (SSSR count). The quantitative estimate of drug-likeness (QED) is 0.0181. The number of carbonyl (C=O) groups excluding carboxylic acids is 3. The van der Waals surface area contributed by atoms with Crippen molar-refractivity contribution < 1.29 is 90.0 Å². The lowest BCUT2D eigenvalue weighted by molar-refractivity contribution is -0.254. The van der Waals surface area contributed by atoms with Crippen LogP contribution in [0.1, 0.15) is 206 Å². The molecule has 2 aliphatic rings. The number of nitrogens with two attached hydrogens (primary N) is 1. The van der Waals surface area contributed by atoms with Gasteiger partial charge in [0.25, 0.3) is 0 Å². The first-order valence-corrected chi connectivity index (χ1v) is 46.0. The second-order valence-corrected chi connectivity index (χ2v) is 42.1. The van der Waals surface area contributed by atoms with Gasteiger partial charge in [0.15, 0.2) is 41.8 Å². The average molecular weight is 1560 g/mol. The highest BCUT2D eigenvalue weighted by Gasteiger charge is 2.43. The van der Waals surface area contributed by atoms with Crippen molar-refractivity contribution in [3.8, 4) is 0 Å². The molecular formula is C87H141NO19Si2. The second kappa shape index (κ2) is 51.6. The van der Waals surface area contributed by atoms with Gasteiger partial charge in [-0.25, -0.2) is 9.59 Å². The summed E-state index contributed by atoms with van der Waals surface area (Å²) in [4.78, 5) is 48.3. The van der Waals surface area contributed by atoms with E-state index in [0.29, 0.717) is 121 Å². The summed E-state index contributed by atoms with van der Waals surface area (Å²) in [6.45, 7) is 45.6. The van der Waals surface area contributed by atoms with Gasteiger partial charge in [0.2, 0.25) is 0 Å². The summed E-state index contributed by atoms with van der Waals surface area (Å²) in [5, 5.41) is 8.88. The van der Waals surface area contributed by atoms with Crippen molar-refractivity contribution in [2.75, 3.05) is 72.6 Å². The predicted molar refractivity (Wildman–Crippen MR) is 434 cm³/mol. The van der Waals surface area contributed by atoms with Crippen molar-refractivity contribution in [1.29, 1.82) is 0 Å². The monoisotopic (exact) mass is 1560 g/mol. The van der Waals surface area contributed by atoms with Gasteiger partial charge in [-0.2, -0.15) is 0 Å². The molecule has 2 saturated heterocycles. The topological polar surface area (TPSA) is 244 Å². The smallest absolute Gasteiger partial charge is 0.338 e. The molecule has 2 fully saturated rings. The minimum absolute atomic E-state index is 0.0436. The fourth-order valence-corrected chi connectivity index (χ4v) is 14.5. The molecule has 0 bridgehead atoms. The Morgan fingerprint density at radius 1 is 0.450 bits per heavy atom. The van der Waals surface area contributed by atoms with Gasteiger partial charge >= 0.3 is 17.9 Å². The molecule has 20 nitrogen and oxygen atoms in total. The molecule has 4 aromatic rings. The van der Waals surface area contributed by atoms with Crippen LogP contribution in [0.3, 0.4) is 0 Å². The Bertz CT molecular complexity index is 3070. The number of esters is 2. The van der Waals surface area contributed by atoms with Crippen LogP contribution in [0.4, 0.5) is 0 Å². The van der Waals surface area contributed by atoms with Gasteiger partial charge in [-0.1, -0.05) is 180 Å². The number of hydrogen-bond donors (Lipinski definition) is 2. The van der Waals surface area contributed by atoms with E-state index in [1.165, 1.54) is 11.1 Å². The first-order chi connectivity index (χ1) is 51.7. The van der Waals surface area contributed by atoms with Crippen molar-refractivity contribution in [1.82, 2.24) is 0 Å². The lowest BCUT2D eigenvalue weighted by atomic mass is 9.79. The molecule has 2 aliphatic heterocycles. The molecule has 14 atom stereocenters. The summed E-state index contributed by atoms with van der Waals surface area (Å²) in [5.41, 5.74) is 9.31. The highest BCUT2D eigenvalue weighted by molar-refractivity contribution is 6.74. The van der Waals surface area contributed by atoms with Crippen molar-refractivity contribution >= 4 is 40.3 Å². The number of hydrogen-bond acceptors (Lipinski definition) is 19. The highest BCUT2D eigenvalue weighted by Crippen LogP contribution is 2.40. The largest absolute Gasteiger partial charge is 0.481 e. The molecule has 0 radical (unpaired) electrons. The highest BCUT2D eigenvalue weighted by atomic mass is 28.4. The van der Waals surface area contributed by atoms with Gasteiger partial charge in [0, 0.05) is 77.3 Å². The van der Waals surface area contributed by atoms with Crippen LogP contribution in [-0.2, 0) is 88.5 Å². The number of Topliss-reactive ketones (excluding diaryl/α,β-unsaturated/α-hetero) is 1. The average Bonchev–Trinajstić information content (AvgIpc) is 0.788. The Kier molecular flexibility index (Phi) is 45.5. The third-order valence-corrected chi connectivity index (χ3v) is 30.9. The molecule has 14 unspecified atom stereocenters. The molecular weight excluding hydrogens is 1420 g/mol. The number of benzene rings is 4. The van der Waals surface area contributed by atoms with E-state index in [2.05, 4.69) is 134 Å². The fourth-order valence-electron chi connectivity index (χ4n) is 11.7. The van der Waals surface area contributed by atoms with Gasteiger partial charge in [-0.3, -0.25) is 9.59 Å². The molecule has 4 aromatic carbocycles. The van der Waals surface area contributed by atoms with Crippen LogP contribution in [0.2, 0.25) is 36.3 Å². The molecule has 2 heterocycles. The van der Waals surface area contributed by atoms with Gasteiger partial charge in [-0.15, -0.1) is 0 Å². The van der Waals surface area contributed by atoms with E-state index in [1.54, 1.807) is 36.4 Å². The van der Waals surface area contributed by atoms with E-state index >= 15 is 0 Å². The maximum Gasteiger partial charge on any atom is 0.338 e. The molecule has 0 aromatic heterocycles. The number of aliphatic carboxylic acids is 1. The molecule has 0 saturated carbocycles. The molecule has 22 heteroatoms. The third-order valence-electron chi connectivity index (χ3n) is 21.8. The van der Waals surface area contributed by atoms with E-state index in [-0.39, 0.29) is 121 Å². The summed E-state index contributed by atoms with van der Waals surface area (Å²) in [6.07, 6.45) is 6.10. The maximum atomic E-state index is 13.0. The molecule has 0 aliphatic carbocycles. The zero-order valence-electron chi connectivity index (χ0n) is 69.7. The summed E-state index contributed by atoms with van der Waals surface area (Å²) in [5.74, 6) is 0.261. The summed E-state index contributed by atoms with van der Waals surface area (Å²) in [6, 6.07) is 38.3. The van der Waals surface area contributed by atoms with Gasteiger partial charge in [0.1, 0.15) is 19.0 Å². The zero-order valence-corrected chi connectivity index (χ0v) is 71.7. The minimum Gasteiger partial charge on any atom is -0.481 e. The number of unbranched alkanes of at least 4 members (excludes halogenated alkanes) is 4. The van der Waals surface area contributed by atoms with Crippen molar-refractivity contribution in [2.45, 2.75) is 273 Å². The first kappa shape index (κ1) is 96.2. The van der Waals surface area contributed by atoms with Gasteiger partial charge in [-0.05, 0) is 167 Å². The molecule has 109 heavy (non-hydrogen) atoms. The Morgan fingerprint density at radius 3 is 1.19 bits per heavy atom. The van der Waals surface area contributed by atoms with Crippen LogP contribution in [0.25, 0.3) is 0 Å². The van der Waals surface area contributed by atoms with E-state index in [4.69, 9.17) is 76.5 Å². The Hall–Kier alpha value is -5.13. The Balaban J connectivity index is 0.000000382. The molecule has 616 valence electrons. The van der Waals surface area contributed by atoms with Crippen molar-refractivity contribution in [3.05, 3.63) is 144 Å². The van der Waals surface area contributed by atoms with Crippen molar-refractivity contribution in [2.24, 2.45) is 41.2 Å². The molecule has 0 spiro atoms. The standard InChI is InChI=1S/C44H70O9Si.C22H41NO4Si.C21H30O6/c1-33-34(2)41(32-51-42(46)38-22-14-11-15-23-38)52-43(35(33)3)49-29-17-16-24-39(45)25-26-40(53-54(8,9)44(5,6)7)31-50-36(4)48-28-19-18-27-47-30-37-20-12-10-13-21-37;1-19(26-18-21(16-23)27-28(5,6)22(2,3)4)25-15-11-10-14-24-17-20-12-8-7-9-13-20;1-14-15(2)18(13-26-20(24)17-9-5-4-6-10-17)27-21(16(14)3)25-12-8-7-11-19(22)23/h10-15,20-23,33-36,40-41,43H,16-19,24-32H2,1-9H3;7-9,12-13,19,21H,10-11,14-18,23H2,1-6H3;4-6,9-10,14-16,18,21H,7-8,11-13H2,1-3H3,(H,22,23). The predicted octanol–water partition coefficient (Wildman–Crippen LogP) is 18.2. The summed E-state index contributed by atoms with van der Waals surface area (Å²) < 4.78 is 83.6. The van der Waals surface area contributed by atoms with E-state index in [1.807, 2.05) is 74.5 Å². The van der Waals surface area contributed by atoms with Crippen LogP contribution in [0.15, 0.2) is 121 Å². The molecule has 3 N–H and O–H groups in total. The SMILES string of the molecule is CC(OCCCCOCc1ccccc1)OCC(CCC(=O)CCCCOC1OC(COC(=O)c2ccccc2)C(C)C(C)C1C)O[Si](C)(C)C(C)(C)C.CC(OCCCCOCc1ccccc1)OCC(CN)O[Si](C)(C)C(C)(C)C.CC1C(COC(=O)c2ccccc2)OC(OCCCCC(=O)O)C(C)C1C. The number of rotatable bonds is 48. The van der Waals surface area contributed by atoms with Crippen LogP contribution in [0.5, 0.6) is 0 Å². The Labute approximate surface area is 657 Å². The normalized spacial score (nSPS) is 21.5.